The van der Waals surface area contributed by atoms with Crippen molar-refractivity contribution < 1.29 is 48.2 Å². The summed E-state index contributed by atoms with van der Waals surface area (Å²) in [7, 11) is 2.61. The number of pyridine rings is 2. The third kappa shape index (κ3) is 15.0. The van der Waals surface area contributed by atoms with Gasteiger partial charge in [0.05, 0.1) is 97.7 Å². The number of aliphatic hydroxyl groups excluding tert-OH is 2. The first-order chi connectivity index (χ1) is 22.5. The lowest BCUT2D eigenvalue weighted by Crippen LogP contribution is -2.37. The van der Waals surface area contributed by atoms with Gasteiger partial charge in [0.1, 0.15) is 11.4 Å². The number of carbonyl (C=O) groups is 2. The van der Waals surface area contributed by atoms with Crippen LogP contribution in [0.15, 0.2) is 36.4 Å². The van der Waals surface area contributed by atoms with Crippen LogP contribution in [0.3, 0.4) is 0 Å². The first-order valence-electron chi connectivity index (χ1n) is 15.3. The second-order valence-corrected chi connectivity index (χ2v) is 9.92. The Morgan fingerprint density at radius 2 is 1.33 bits per heavy atom. The van der Waals surface area contributed by atoms with Gasteiger partial charge in [0.2, 0.25) is 0 Å². The fourth-order valence-electron chi connectivity index (χ4n) is 4.41. The summed E-state index contributed by atoms with van der Waals surface area (Å²) < 4.78 is 32.4. The fraction of sp³-hybridized carbons (Fsp3) is 0.613. The second kappa shape index (κ2) is 24.1. The highest BCUT2D eigenvalue weighted by Crippen LogP contribution is 2.20. The van der Waals surface area contributed by atoms with Crippen LogP contribution < -0.4 is 5.73 Å². The van der Waals surface area contributed by atoms with Crippen LogP contribution in [-0.2, 0) is 35.0 Å². The van der Waals surface area contributed by atoms with Crippen molar-refractivity contribution in [2.75, 3.05) is 113 Å². The van der Waals surface area contributed by atoms with Crippen molar-refractivity contribution in [2.24, 2.45) is 5.73 Å². The lowest BCUT2D eigenvalue weighted by Gasteiger charge is -2.31. The summed E-state index contributed by atoms with van der Waals surface area (Å²) in [5, 5.41) is 19.3. The van der Waals surface area contributed by atoms with Gasteiger partial charge in [-0.3, -0.25) is 9.80 Å². The quantitative estimate of drug-likeness (QED) is 0.0903. The molecule has 0 aliphatic rings. The number of hydrogen-bond acceptors (Lipinski definition) is 15. The zero-order valence-electron chi connectivity index (χ0n) is 26.9. The highest BCUT2D eigenvalue weighted by molar-refractivity contribution is 5.87. The summed E-state index contributed by atoms with van der Waals surface area (Å²) in [5.74, 6) is -1.05. The Labute approximate surface area is 270 Å². The molecule has 0 aliphatic carbocycles. The zero-order valence-corrected chi connectivity index (χ0v) is 26.9. The summed E-state index contributed by atoms with van der Waals surface area (Å²) in [6.45, 7) is 5.42. The highest BCUT2D eigenvalue weighted by Gasteiger charge is 2.23. The molecule has 0 aromatic carbocycles. The van der Waals surface area contributed by atoms with E-state index in [-0.39, 0.29) is 37.3 Å². The van der Waals surface area contributed by atoms with E-state index in [0.29, 0.717) is 96.9 Å². The molecule has 0 fully saturated rings. The first kappa shape index (κ1) is 39.1. The van der Waals surface area contributed by atoms with Crippen LogP contribution in [0.2, 0.25) is 0 Å². The Morgan fingerprint density at radius 3 is 1.96 bits per heavy atom. The van der Waals surface area contributed by atoms with E-state index in [4.69, 9.17) is 34.2 Å². The van der Waals surface area contributed by atoms with Crippen molar-refractivity contribution in [1.29, 1.82) is 0 Å². The molecule has 2 heterocycles. The molecular weight excluding hydrogens is 602 g/mol. The zero-order chi connectivity index (χ0) is 33.4. The summed E-state index contributed by atoms with van der Waals surface area (Å²) >= 11 is 0. The molecule has 0 radical (unpaired) electrons. The predicted molar refractivity (Wildman–Crippen MR) is 167 cm³/mol. The molecule has 2 aromatic heterocycles. The van der Waals surface area contributed by atoms with Gasteiger partial charge in [-0.25, -0.2) is 19.6 Å². The van der Waals surface area contributed by atoms with Crippen LogP contribution in [0.25, 0.3) is 0 Å². The summed E-state index contributed by atoms with van der Waals surface area (Å²) in [6.07, 6.45) is 0. The Hall–Kier alpha value is -3.12. The molecule has 258 valence electrons. The lowest BCUT2D eigenvalue weighted by molar-refractivity contribution is -0.00285. The van der Waals surface area contributed by atoms with Gasteiger partial charge >= 0.3 is 11.9 Å². The monoisotopic (exact) mass is 651 g/mol. The van der Waals surface area contributed by atoms with E-state index in [1.165, 1.54) is 14.2 Å². The largest absolute Gasteiger partial charge is 0.464 e. The van der Waals surface area contributed by atoms with Crippen LogP contribution in [-0.4, -0.2) is 155 Å². The Morgan fingerprint density at radius 1 is 0.739 bits per heavy atom. The number of methoxy groups -OCH3 is 2. The molecular formula is C31H49N5O10. The number of hydrogen-bond donors (Lipinski definition) is 3. The van der Waals surface area contributed by atoms with Crippen molar-refractivity contribution >= 4 is 11.9 Å². The van der Waals surface area contributed by atoms with Gasteiger partial charge in [0.25, 0.3) is 0 Å². The molecule has 15 heteroatoms. The first-order valence-corrected chi connectivity index (χ1v) is 15.3. The Bertz CT molecular complexity index is 1130. The maximum Gasteiger partial charge on any atom is 0.356 e. The SMILES string of the molecule is COC(=O)c1cccc(CN(CCO)CCOCCOCCN(CCO)C(COCCOCCN)c2cccc(C(=O)OC)n2)n1. The van der Waals surface area contributed by atoms with Crippen molar-refractivity contribution in [3.8, 4) is 0 Å². The van der Waals surface area contributed by atoms with E-state index < -0.39 is 11.9 Å². The minimum Gasteiger partial charge on any atom is -0.464 e. The molecule has 4 N–H and O–H groups in total. The minimum atomic E-state index is -0.544. The summed E-state index contributed by atoms with van der Waals surface area (Å²) in [5.41, 5.74) is 7.15. The fourth-order valence-corrected chi connectivity index (χ4v) is 4.41. The maximum absolute atomic E-state index is 12.1. The molecule has 0 saturated carbocycles. The molecule has 0 amide bonds. The molecule has 0 saturated heterocycles. The summed E-state index contributed by atoms with van der Waals surface area (Å²) in [4.78, 5) is 36.7. The number of esters is 2. The molecule has 1 atom stereocenters. The normalized spacial score (nSPS) is 12.1. The molecule has 0 aliphatic heterocycles. The van der Waals surface area contributed by atoms with Crippen molar-refractivity contribution in [2.45, 2.75) is 12.6 Å². The van der Waals surface area contributed by atoms with Crippen molar-refractivity contribution in [3.63, 3.8) is 0 Å². The summed E-state index contributed by atoms with van der Waals surface area (Å²) in [6, 6.07) is 9.89. The third-order valence-electron chi connectivity index (χ3n) is 6.69. The Kier molecular flexibility index (Phi) is 20.5. The molecule has 0 bridgehead atoms. The van der Waals surface area contributed by atoms with Crippen LogP contribution in [0, 0.1) is 0 Å². The lowest BCUT2D eigenvalue weighted by atomic mass is 10.1. The third-order valence-corrected chi connectivity index (χ3v) is 6.69. The van der Waals surface area contributed by atoms with Gasteiger partial charge in [-0.05, 0) is 24.3 Å². The van der Waals surface area contributed by atoms with Gasteiger partial charge in [-0.2, -0.15) is 0 Å². The smallest absolute Gasteiger partial charge is 0.356 e. The van der Waals surface area contributed by atoms with Gasteiger partial charge in [0, 0.05) is 39.3 Å². The van der Waals surface area contributed by atoms with Gasteiger partial charge in [-0.1, -0.05) is 12.1 Å². The Balaban J connectivity index is 1.85. The van der Waals surface area contributed by atoms with Gasteiger partial charge in [0.15, 0.2) is 0 Å². The van der Waals surface area contributed by atoms with Crippen molar-refractivity contribution in [1.82, 2.24) is 19.8 Å². The molecule has 15 nitrogen and oxygen atoms in total. The number of carbonyl (C=O) groups excluding carboxylic acids is 2. The van der Waals surface area contributed by atoms with E-state index >= 15 is 0 Å². The number of ether oxygens (including phenoxy) is 6. The second-order valence-electron chi connectivity index (χ2n) is 9.92. The predicted octanol–water partition coefficient (Wildman–Crippen LogP) is -0.0952. The van der Waals surface area contributed by atoms with Gasteiger partial charge in [-0.15, -0.1) is 0 Å². The van der Waals surface area contributed by atoms with Crippen LogP contribution in [0.4, 0.5) is 0 Å². The topological polar surface area (TPSA) is 188 Å². The number of nitrogens with zero attached hydrogens (tertiary/aromatic N) is 4. The number of aromatic nitrogens is 2. The van der Waals surface area contributed by atoms with Gasteiger partial charge < -0.3 is 44.4 Å². The van der Waals surface area contributed by atoms with E-state index in [9.17, 15) is 19.8 Å². The minimum absolute atomic E-state index is 0.0270. The highest BCUT2D eigenvalue weighted by atomic mass is 16.5. The molecule has 2 rings (SSSR count). The molecule has 1 unspecified atom stereocenters. The van der Waals surface area contributed by atoms with Crippen molar-refractivity contribution in [3.05, 3.63) is 59.2 Å². The van der Waals surface area contributed by atoms with Crippen LogP contribution in [0.5, 0.6) is 0 Å². The molecule has 2 aromatic rings. The van der Waals surface area contributed by atoms with Crippen LogP contribution in [0.1, 0.15) is 38.4 Å². The average molecular weight is 652 g/mol. The molecule has 46 heavy (non-hydrogen) atoms. The number of aliphatic hydroxyl groups is 2. The van der Waals surface area contributed by atoms with Crippen LogP contribution >= 0.6 is 0 Å². The average Bonchev–Trinajstić information content (AvgIpc) is 3.08. The van der Waals surface area contributed by atoms with E-state index in [1.807, 2.05) is 15.9 Å². The van der Waals surface area contributed by atoms with E-state index in [0.717, 1.165) is 0 Å². The standard InChI is InChI=1S/C31H49N5O10/c1-41-30(39)27-7-3-5-25(33-27)23-35(10-14-37)12-17-44-19-20-45-18-13-36(11-15-38)29(24-46-22-21-43-16-9-32)26-6-4-8-28(34-26)31(40)42-2/h3-8,29,37-38H,9-24,32H2,1-2H3. The van der Waals surface area contributed by atoms with E-state index in [2.05, 4.69) is 9.97 Å². The number of rotatable bonds is 26. The molecule has 0 spiro atoms. The van der Waals surface area contributed by atoms with E-state index in [1.54, 1.807) is 30.3 Å². The maximum atomic E-state index is 12.1. The number of nitrogens with two attached hydrogens (primary N) is 1.